The Kier molecular flexibility index (Phi) is 3.96. The van der Waals surface area contributed by atoms with Gasteiger partial charge < -0.3 is 9.64 Å². The van der Waals surface area contributed by atoms with Crippen LogP contribution in [0.5, 0.6) is 0 Å². The van der Waals surface area contributed by atoms with E-state index in [2.05, 4.69) is 15.9 Å². The molecule has 1 aliphatic carbocycles. The third-order valence-electron chi connectivity index (χ3n) is 4.06. The van der Waals surface area contributed by atoms with Crippen molar-refractivity contribution in [2.75, 3.05) is 13.2 Å². The smallest absolute Gasteiger partial charge is 0.264 e. The summed E-state index contributed by atoms with van der Waals surface area (Å²) in [6.45, 7) is 3.44. The van der Waals surface area contributed by atoms with Crippen LogP contribution in [0.4, 0.5) is 0 Å². The molecule has 2 aliphatic rings. The summed E-state index contributed by atoms with van der Waals surface area (Å²) < 4.78 is 6.89. The SMILES string of the molecule is Cc1cc(C(=O)N2CCOC3CCCCC32)sc1Br. The number of hydrogen-bond donors (Lipinski definition) is 0. The molecule has 104 valence electrons. The molecule has 0 bridgehead atoms. The molecule has 5 heteroatoms. The van der Waals surface area contributed by atoms with Gasteiger partial charge in [0.05, 0.1) is 27.4 Å². The van der Waals surface area contributed by atoms with Gasteiger partial charge in [-0.25, -0.2) is 0 Å². The van der Waals surface area contributed by atoms with Gasteiger partial charge in [-0.15, -0.1) is 11.3 Å². The number of fused-ring (bicyclic) bond motifs is 1. The lowest BCUT2D eigenvalue weighted by molar-refractivity contribution is -0.0751. The Bertz CT molecular complexity index is 466. The van der Waals surface area contributed by atoms with Gasteiger partial charge in [0, 0.05) is 6.54 Å². The summed E-state index contributed by atoms with van der Waals surface area (Å²) in [6, 6.07) is 2.28. The van der Waals surface area contributed by atoms with Crippen LogP contribution in [0.25, 0.3) is 0 Å². The third-order valence-corrected chi connectivity index (χ3v) is 6.19. The highest BCUT2D eigenvalue weighted by molar-refractivity contribution is 9.11. The molecule has 3 nitrogen and oxygen atoms in total. The predicted octanol–water partition coefficient (Wildman–Crippen LogP) is 3.60. The molecule has 2 atom stereocenters. The van der Waals surface area contributed by atoms with Gasteiger partial charge >= 0.3 is 0 Å². The van der Waals surface area contributed by atoms with Crippen LogP contribution >= 0.6 is 27.3 Å². The van der Waals surface area contributed by atoms with Crippen molar-refractivity contribution in [1.29, 1.82) is 0 Å². The molecular weight excluding hydrogens is 326 g/mol. The minimum Gasteiger partial charge on any atom is -0.374 e. The lowest BCUT2D eigenvalue weighted by Gasteiger charge is -2.43. The zero-order valence-electron chi connectivity index (χ0n) is 11.0. The van der Waals surface area contributed by atoms with E-state index >= 15 is 0 Å². The molecule has 0 aromatic carbocycles. The molecule has 2 unspecified atom stereocenters. The number of rotatable bonds is 1. The number of ether oxygens (including phenoxy) is 1. The zero-order chi connectivity index (χ0) is 13.4. The Labute approximate surface area is 126 Å². The standard InChI is InChI=1S/C14H18BrNO2S/c1-9-8-12(19-13(9)15)14(17)16-6-7-18-11-5-3-2-4-10(11)16/h8,10-11H,2-7H2,1H3. The van der Waals surface area contributed by atoms with Gasteiger partial charge in [-0.1, -0.05) is 12.8 Å². The molecule has 2 heterocycles. The molecule has 19 heavy (non-hydrogen) atoms. The number of carbonyl (C=O) groups is 1. The highest BCUT2D eigenvalue weighted by Crippen LogP contribution is 2.32. The summed E-state index contributed by atoms with van der Waals surface area (Å²) in [5.41, 5.74) is 1.14. The normalized spacial score (nSPS) is 27.2. The van der Waals surface area contributed by atoms with Crippen molar-refractivity contribution in [3.63, 3.8) is 0 Å². The maximum absolute atomic E-state index is 12.7. The van der Waals surface area contributed by atoms with Crippen LogP contribution < -0.4 is 0 Å². The highest BCUT2D eigenvalue weighted by atomic mass is 79.9. The largest absolute Gasteiger partial charge is 0.374 e. The van der Waals surface area contributed by atoms with Crippen molar-refractivity contribution in [2.45, 2.75) is 44.8 Å². The Hall–Kier alpha value is -0.390. The van der Waals surface area contributed by atoms with Gasteiger partial charge in [0.15, 0.2) is 0 Å². The average molecular weight is 344 g/mol. The lowest BCUT2D eigenvalue weighted by atomic mass is 9.90. The van der Waals surface area contributed by atoms with Crippen molar-refractivity contribution in [3.05, 3.63) is 20.3 Å². The van der Waals surface area contributed by atoms with Crippen molar-refractivity contribution in [1.82, 2.24) is 4.90 Å². The monoisotopic (exact) mass is 343 g/mol. The fourth-order valence-electron chi connectivity index (χ4n) is 3.06. The average Bonchev–Trinajstić information content (AvgIpc) is 2.77. The number of hydrogen-bond acceptors (Lipinski definition) is 3. The number of carbonyl (C=O) groups excluding carboxylic acids is 1. The molecular formula is C14H18BrNO2S. The van der Waals surface area contributed by atoms with Crippen molar-refractivity contribution >= 4 is 33.2 Å². The number of amides is 1. The first kappa shape index (κ1) is 13.6. The van der Waals surface area contributed by atoms with E-state index in [0.29, 0.717) is 6.61 Å². The zero-order valence-corrected chi connectivity index (χ0v) is 13.4. The van der Waals surface area contributed by atoms with E-state index in [1.165, 1.54) is 12.8 Å². The van der Waals surface area contributed by atoms with Crippen LogP contribution in [0.2, 0.25) is 0 Å². The second kappa shape index (κ2) is 5.54. The Morgan fingerprint density at radius 1 is 1.47 bits per heavy atom. The molecule has 1 aromatic rings. The molecule has 0 N–H and O–H groups in total. The molecule has 0 radical (unpaired) electrons. The molecule has 1 aliphatic heterocycles. The molecule has 2 fully saturated rings. The van der Waals surface area contributed by atoms with E-state index in [1.54, 1.807) is 11.3 Å². The van der Waals surface area contributed by atoms with Crippen molar-refractivity contribution < 1.29 is 9.53 Å². The number of morpholine rings is 1. The summed E-state index contributed by atoms with van der Waals surface area (Å²) in [5.74, 6) is 0.180. The summed E-state index contributed by atoms with van der Waals surface area (Å²) in [5, 5.41) is 0. The van der Waals surface area contributed by atoms with Crippen molar-refractivity contribution in [3.8, 4) is 0 Å². The van der Waals surface area contributed by atoms with E-state index in [4.69, 9.17) is 4.74 Å². The van der Waals surface area contributed by atoms with Crippen LogP contribution in [0, 0.1) is 6.92 Å². The molecule has 1 saturated carbocycles. The van der Waals surface area contributed by atoms with Crippen LogP contribution in [0.1, 0.15) is 40.9 Å². The second-order valence-corrected chi connectivity index (χ2v) is 7.70. The first-order valence-corrected chi connectivity index (χ1v) is 8.46. The van der Waals surface area contributed by atoms with Gasteiger partial charge in [-0.3, -0.25) is 4.79 Å². The van der Waals surface area contributed by atoms with E-state index in [0.717, 1.165) is 33.6 Å². The maximum atomic E-state index is 12.7. The maximum Gasteiger partial charge on any atom is 0.264 e. The summed E-state index contributed by atoms with van der Waals surface area (Å²) in [4.78, 5) is 15.6. The Morgan fingerprint density at radius 3 is 3.00 bits per heavy atom. The van der Waals surface area contributed by atoms with Crippen LogP contribution in [-0.2, 0) is 4.74 Å². The minimum absolute atomic E-state index is 0.180. The van der Waals surface area contributed by atoms with E-state index in [-0.39, 0.29) is 18.1 Å². The van der Waals surface area contributed by atoms with E-state index in [9.17, 15) is 4.79 Å². The summed E-state index contributed by atoms with van der Waals surface area (Å²) >= 11 is 5.04. The third kappa shape index (κ3) is 2.60. The molecule has 1 saturated heterocycles. The van der Waals surface area contributed by atoms with Gasteiger partial charge in [-0.05, 0) is 47.3 Å². The quantitative estimate of drug-likeness (QED) is 0.779. The summed E-state index contributed by atoms with van der Waals surface area (Å²) in [7, 11) is 0. The molecule has 0 spiro atoms. The number of aryl methyl sites for hydroxylation is 1. The lowest BCUT2D eigenvalue weighted by Crippen LogP contribution is -2.54. The predicted molar refractivity (Wildman–Crippen MR) is 79.8 cm³/mol. The van der Waals surface area contributed by atoms with Crippen LogP contribution in [0.15, 0.2) is 9.85 Å². The van der Waals surface area contributed by atoms with Gasteiger partial charge in [0.2, 0.25) is 0 Å². The topological polar surface area (TPSA) is 29.5 Å². The highest BCUT2D eigenvalue weighted by Gasteiger charge is 2.37. The molecule has 1 amide bonds. The van der Waals surface area contributed by atoms with Crippen LogP contribution in [-0.4, -0.2) is 36.1 Å². The van der Waals surface area contributed by atoms with Crippen molar-refractivity contribution in [2.24, 2.45) is 0 Å². The first-order chi connectivity index (χ1) is 9.16. The van der Waals surface area contributed by atoms with Gasteiger partial charge in [0.1, 0.15) is 0 Å². The fraction of sp³-hybridized carbons (Fsp3) is 0.643. The van der Waals surface area contributed by atoms with Crippen LogP contribution in [0.3, 0.4) is 0 Å². The summed E-state index contributed by atoms with van der Waals surface area (Å²) in [6.07, 6.45) is 4.88. The van der Waals surface area contributed by atoms with Gasteiger partial charge in [0.25, 0.3) is 5.91 Å². The minimum atomic E-state index is 0.180. The fourth-order valence-corrected chi connectivity index (χ4v) is 4.55. The first-order valence-electron chi connectivity index (χ1n) is 6.85. The Morgan fingerprint density at radius 2 is 2.26 bits per heavy atom. The number of nitrogens with zero attached hydrogens (tertiary/aromatic N) is 1. The number of thiophene rings is 1. The van der Waals surface area contributed by atoms with E-state index in [1.807, 2.05) is 17.9 Å². The van der Waals surface area contributed by atoms with E-state index < -0.39 is 0 Å². The molecule has 1 aromatic heterocycles. The van der Waals surface area contributed by atoms with Gasteiger partial charge in [-0.2, -0.15) is 0 Å². The Balaban J connectivity index is 1.81. The molecule has 3 rings (SSSR count). The second-order valence-electron chi connectivity index (χ2n) is 5.33. The number of halogens is 1.